The van der Waals surface area contributed by atoms with Crippen LogP contribution < -0.4 is 11.3 Å². The zero-order chi connectivity index (χ0) is 12.5. The van der Waals surface area contributed by atoms with Crippen molar-refractivity contribution in [3.8, 4) is 0 Å². The molecule has 0 fully saturated rings. The average Bonchev–Trinajstić information content (AvgIpc) is 3.03. The Labute approximate surface area is 130 Å². The van der Waals surface area contributed by atoms with Crippen LogP contribution in [0.4, 0.5) is 0 Å². The van der Waals surface area contributed by atoms with Crippen LogP contribution in [0.25, 0.3) is 0 Å². The first kappa shape index (κ1) is 13.7. The first-order chi connectivity index (χ1) is 8.78. The van der Waals surface area contributed by atoms with E-state index in [1.807, 2.05) is 52.5 Å². The summed E-state index contributed by atoms with van der Waals surface area (Å²) in [4.78, 5) is 12.1. The first-order valence-corrected chi connectivity index (χ1v) is 10.2. The zero-order valence-electron chi connectivity index (χ0n) is 8.93. The molecule has 0 saturated carbocycles. The Bertz CT molecular complexity index is 477. The number of nitrogens with one attached hydrogen (secondary N) is 1. The van der Waals surface area contributed by atoms with Crippen LogP contribution in [0.1, 0.15) is 0 Å². The van der Waals surface area contributed by atoms with Gasteiger partial charge in [0, 0.05) is 11.5 Å². The van der Waals surface area contributed by atoms with E-state index >= 15 is 0 Å². The van der Waals surface area contributed by atoms with Crippen molar-refractivity contribution in [2.45, 2.75) is 0 Å². The lowest BCUT2D eigenvalue weighted by molar-refractivity contribution is -0.116. The van der Waals surface area contributed by atoms with E-state index in [4.69, 9.17) is 5.84 Å². The topological polar surface area (TPSA) is 55.1 Å². The Hall–Kier alpha value is 0.750. The minimum absolute atomic E-state index is 0.211. The average molecular weight is 353 g/mol. The highest BCUT2D eigenvalue weighted by Crippen LogP contribution is 2.63. The molecule has 0 bridgehead atoms. The third kappa shape index (κ3) is 2.77. The second kappa shape index (κ2) is 6.02. The molecule has 3 aliphatic rings. The van der Waals surface area contributed by atoms with Crippen LogP contribution in [-0.4, -0.2) is 17.4 Å². The standard InChI is InChI=1S/C9H8N2OS6/c10-11-5(12)4-3-15-8(16-4)9-17-6-7(18-9)14-2-1-13-6/h3H,1-2,10H2,(H,11,12). The van der Waals surface area contributed by atoms with Crippen molar-refractivity contribution in [2.24, 2.45) is 5.84 Å². The molecule has 0 atom stereocenters. The smallest absolute Gasteiger partial charge is 0.272 e. The lowest BCUT2D eigenvalue weighted by atomic mass is 10.6. The van der Waals surface area contributed by atoms with Gasteiger partial charge in [-0.1, -0.05) is 47.0 Å². The Kier molecular flexibility index (Phi) is 4.59. The number of carbonyl (C=O) groups excluding carboxylic acids is 1. The molecular formula is C9H8N2OS6. The second-order valence-corrected chi connectivity index (χ2v) is 10.4. The third-order valence-electron chi connectivity index (χ3n) is 2.08. The van der Waals surface area contributed by atoms with Gasteiger partial charge in [-0.25, -0.2) is 5.84 Å². The number of thioether (sulfide) groups is 6. The van der Waals surface area contributed by atoms with E-state index in [1.165, 1.54) is 40.2 Å². The van der Waals surface area contributed by atoms with Gasteiger partial charge in [-0.3, -0.25) is 10.2 Å². The maximum atomic E-state index is 11.4. The van der Waals surface area contributed by atoms with Crippen LogP contribution in [0.5, 0.6) is 0 Å². The van der Waals surface area contributed by atoms with Crippen molar-refractivity contribution in [3.63, 3.8) is 0 Å². The minimum Gasteiger partial charge on any atom is -0.290 e. The molecule has 1 amide bonds. The summed E-state index contributed by atoms with van der Waals surface area (Å²) in [5.41, 5.74) is 2.17. The van der Waals surface area contributed by atoms with E-state index in [9.17, 15) is 4.79 Å². The number of nitrogens with two attached hydrogens (primary N) is 1. The molecule has 3 heterocycles. The lowest BCUT2D eigenvalue weighted by Crippen LogP contribution is -2.30. The predicted molar refractivity (Wildman–Crippen MR) is 89.7 cm³/mol. The van der Waals surface area contributed by atoms with Crippen LogP contribution in [0, 0.1) is 0 Å². The van der Waals surface area contributed by atoms with Crippen LogP contribution in [0.15, 0.2) is 27.3 Å². The summed E-state index contributed by atoms with van der Waals surface area (Å²) in [5, 5.41) is 1.87. The highest BCUT2D eigenvalue weighted by Gasteiger charge is 2.30. The van der Waals surface area contributed by atoms with Crippen LogP contribution in [0.3, 0.4) is 0 Å². The second-order valence-electron chi connectivity index (χ2n) is 3.23. The van der Waals surface area contributed by atoms with Crippen molar-refractivity contribution in [1.82, 2.24) is 5.43 Å². The highest BCUT2D eigenvalue weighted by atomic mass is 32.3. The molecular weight excluding hydrogens is 345 g/mol. The van der Waals surface area contributed by atoms with E-state index in [2.05, 4.69) is 5.43 Å². The van der Waals surface area contributed by atoms with Crippen molar-refractivity contribution >= 4 is 76.5 Å². The molecule has 0 aromatic rings. The van der Waals surface area contributed by atoms with E-state index in [0.717, 1.165) is 0 Å². The third-order valence-corrected chi connectivity index (χ3v) is 10.8. The highest BCUT2D eigenvalue weighted by molar-refractivity contribution is 8.43. The molecule has 0 aromatic heterocycles. The predicted octanol–water partition coefficient (Wildman–Crippen LogP) is 3.51. The number of hydrogen-bond acceptors (Lipinski definition) is 8. The van der Waals surface area contributed by atoms with Crippen molar-refractivity contribution in [2.75, 3.05) is 11.5 Å². The number of hydrogen-bond donors (Lipinski definition) is 2. The summed E-state index contributed by atoms with van der Waals surface area (Å²) in [6.45, 7) is 0. The van der Waals surface area contributed by atoms with Crippen molar-refractivity contribution in [1.29, 1.82) is 0 Å². The molecule has 0 radical (unpaired) electrons. The molecule has 3 nitrogen and oxygen atoms in total. The van der Waals surface area contributed by atoms with E-state index in [-0.39, 0.29) is 5.91 Å². The van der Waals surface area contributed by atoms with Crippen molar-refractivity contribution in [3.05, 3.63) is 27.3 Å². The maximum absolute atomic E-state index is 11.4. The molecule has 9 heteroatoms. The number of carbonyl (C=O) groups is 1. The lowest BCUT2D eigenvalue weighted by Gasteiger charge is -2.08. The van der Waals surface area contributed by atoms with Gasteiger partial charge >= 0.3 is 0 Å². The van der Waals surface area contributed by atoms with Gasteiger partial charge in [0.25, 0.3) is 5.91 Å². The van der Waals surface area contributed by atoms with E-state index < -0.39 is 0 Å². The Morgan fingerprint density at radius 3 is 2.33 bits per heavy atom. The molecule has 96 valence electrons. The summed E-state index contributed by atoms with van der Waals surface area (Å²) in [7, 11) is 0. The minimum atomic E-state index is -0.211. The molecule has 3 aliphatic heterocycles. The van der Waals surface area contributed by atoms with Gasteiger partial charge in [0.1, 0.15) is 0 Å². The normalized spacial score (nSPS) is 23.3. The Morgan fingerprint density at radius 2 is 1.72 bits per heavy atom. The number of rotatable bonds is 1. The summed E-state index contributed by atoms with van der Waals surface area (Å²) in [6, 6.07) is 0. The molecule has 3 rings (SSSR count). The molecule has 3 N–H and O–H groups in total. The van der Waals surface area contributed by atoms with Gasteiger partial charge in [-0.05, 0) is 5.41 Å². The largest absolute Gasteiger partial charge is 0.290 e. The fourth-order valence-corrected chi connectivity index (χ4v) is 9.76. The maximum Gasteiger partial charge on any atom is 0.272 e. The summed E-state index contributed by atoms with van der Waals surface area (Å²) in [5.74, 6) is 7.32. The molecule has 0 aliphatic carbocycles. The fourth-order valence-electron chi connectivity index (χ4n) is 1.32. The molecule has 0 unspecified atom stereocenters. The Balaban J connectivity index is 1.71. The SMILES string of the molecule is NNC(=O)C1=CSC(=C2SC3=C(SCCS3)S2)S1. The molecule has 0 saturated heterocycles. The van der Waals surface area contributed by atoms with Crippen molar-refractivity contribution < 1.29 is 4.79 Å². The van der Waals surface area contributed by atoms with E-state index in [1.54, 1.807) is 11.8 Å². The quantitative estimate of drug-likeness (QED) is 0.422. The molecule has 18 heavy (non-hydrogen) atoms. The van der Waals surface area contributed by atoms with Gasteiger partial charge in [-0.2, -0.15) is 0 Å². The number of hydrazine groups is 1. The first-order valence-electron chi connectivity index (χ1n) is 4.93. The summed E-state index contributed by atoms with van der Waals surface area (Å²) >= 11 is 10.7. The fraction of sp³-hybridized carbons (Fsp3) is 0.222. The van der Waals surface area contributed by atoms with Gasteiger partial charge in [0.15, 0.2) is 0 Å². The number of amides is 1. The zero-order valence-corrected chi connectivity index (χ0v) is 13.8. The molecule has 0 aromatic carbocycles. The monoisotopic (exact) mass is 352 g/mol. The van der Waals surface area contributed by atoms with Crippen LogP contribution >= 0.6 is 70.6 Å². The van der Waals surface area contributed by atoms with Crippen LogP contribution in [-0.2, 0) is 4.79 Å². The van der Waals surface area contributed by atoms with Gasteiger partial charge in [0.05, 0.1) is 21.9 Å². The van der Waals surface area contributed by atoms with E-state index in [0.29, 0.717) is 4.91 Å². The van der Waals surface area contributed by atoms with Gasteiger partial charge in [-0.15, -0.1) is 23.5 Å². The Morgan fingerprint density at radius 1 is 1.06 bits per heavy atom. The van der Waals surface area contributed by atoms with Crippen LogP contribution in [0.2, 0.25) is 0 Å². The summed E-state index contributed by atoms with van der Waals surface area (Å²) < 4.78 is 5.35. The van der Waals surface area contributed by atoms with Gasteiger partial charge < -0.3 is 0 Å². The van der Waals surface area contributed by atoms with Gasteiger partial charge in [0.2, 0.25) is 0 Å². The molecule has 0 spiro atoms. The summed E-state index contributed by atoms with van der Waals surface area (Å²) in [6.07, 6.45) is 0.